The fourth-order valence-corrected chi connectivity index (χ4v) is 2.46. The molecule has 3 rings (SSSR count). The summed E-state index contributed by atoms with van der Waals surface area (Å²) in [5.41, 5.74) is 2.15. The van der Waals surface area contributed by atoms with Crippen molar-refractivity contribution in [2.45, 2.75) is 25.7 Å². The van der Waals surface area contributed by atoms with Crippen LogP contribution in [0.2, 0.25) is 0 Å². The third-order valence-corrected chi connectivity index (χ3v) is 3.36. The van der Waals surface area contributed by atoms with E-state index in [9.17, 15) is 0 Å². The van der Waals surface area contributed by atoms with Gasteiger partial charge in [0.25, 0.3) is 0 Å². The predicted molar refractivity (Wildman–Crippen MR) is 77.1 cm³/mol. The quantitative estimate of drug-likeness (QED) is 0.827. The van der Waals surface area contributed by atoms with Crippen molar-refractivity contribution in [3.05, 3.63) is 59.7 Å². The lowest BCUT2D eigenvalue weighted by molar-refractivity contribution is -0.196. The molecule has 1 heterocycles. The SMILES string of the molecule is COc1ccc2c(c1)OC(C)(C)OC2c1ccccc1. The van der Waals surface area contributed by atoms with Gasteiger partial charge in [-0.1, -0.05) is 30.3 Å². The summed E-state index contributed by atoms with van der Waals surface area (Å²) in [7, 11) is 1.65. The predicted octanol–water partition coefficient (Wildman–Crippen LogP) is 3.93. The number of ether oxygens (including phenoxy) is 3. The molecule has 0 aromatic heterocycles. The van der Waals surface area contributed by atoms with Crippen molar-refractivity contribution in [2.24, 2.45) is 0 Å². The van der Waals surface area contributed by atoms with Crippen molar-refractivity contribution in [1.29, 1.82) is 0 Å². The molecule has 0 saturated carbocycles. The average molecular weight is 270 g/mol. The van der Waals surface area contributed by atoms with E-state index in [1.807, 2.05) is 50.2 Å². The molecule has 3 heteroatoms. The molecule has 2 aromatic carbocycles. The maximum atomic E-state index is 6.10. The lowest BCUT2D eigenvalue weighted by Gasteiger charge is -2.38. The molecule has 1 aliphatic heterocycles. The number of rotatable bonds is 2. The minimum Gasteiger partial charge on any atom is -0.497 e. The summed E-state index contributed by atoms with van der Waals surface area (Å²) in [6.07, 6.45) is -0.124. The van der Waals surface area contributed by atoms with Crippen LogP contribution in [0.1, 0.15) is 31.1 Å². The van der Waals surface area contributed by atoms with Gasteiger partial charge in [0.05, 0.1) is 7.11 Å². The zero-order valence-electron chi connectivity index (χ0n) is 11.9. The summed E-state index contributed by atoms with van der Waals surface area (Å²) < 4.78 is 17.3. The van der Waals surface area contributed by atoms with Crippen LogP contribution >= 0.6 is 0 Å². The van der Waals surface area contributed by atoms with E-state index >= 15 is 0 Å². The van der Waals surface area contributed by atoms with Gasteiger partial charge in [0.1, 0.15) is 17.6 Å². The maximum Gasteiger partial charge on any atom is 0.205 e. The fourth-order valence-electron chi connectivity index (χ4n) is 2.46. The molecular formula is C17H18O3. The van der Waals surface area contributed by atoms with E-state index in [4.69, 9.17) is 14.2 Å². The Bertz CT molecular complexity index is 605. The van der Waals surface area contributed by atoms with Gasteiger partial charge in [-0.3, -0.25) is 0 Å². The van der Waals surface area contributed by atoms with Crippen LogP contribution in [-0.2, 0) is 4.74 Å². The van der Waals surface area contributed by atoms with Gasteiger partial charge in [-0.25, -0.2) is 0 Å². The second kappa shape index (κ2) is 4.84. The highest BCUT2D eigenvalue weighted by atomic mass is 16.7. The van der Waals surface area contributed by atoms with E-state index in [-0.39, 0.29) is 6.10 Å². The van der Waals surface area contributed by atoms with Crippen LogP contribution < -0.4 is 9.47 Å². The molecule has 0 saturated heterocycles. The molecule has 1 unspecified atom stereocenters. The van der Waals surface area contributed by atoms with E-state index < -0.39 is 5.79 Å². The van der Waals surface area contributed by atoms with Crippen molar-refractivity contribution in [1.82, 2.24) is 0 Å². The van der Waals surface area contributed by atoms with Crippen LogP contribution in [0.4, 0.5) is 0 Å². The summed E-state index contributed by atoms with van der Waals surface area (Å²) >= 11 is 0. The molecule has 1 atom stereocenters. The van der Waals surface area contributed by atoms with E-state index in [1.165, 1.54) is 0 Å². The first-order chi connectivity index (χ1) is 9.59. The van der Waals surface area contributed by atoms with Crippen LogP contribution in [0.15, 0.2) is 48.5 Å². The smallest absolute Gasteiger partial charge is 0.205 e. The Balaban J connectivity index is 2.09. The van der Waals surface area contributed by atoms with E-state index in [2.05, 4.69) is 12.1 Å². The molecule has 1 aliphatic rings. The van der Waals surface area contributed by atoms with Crippen molar-refractivity contribution in [3.8, 4) is 11.5 Å². The third-order valence-electron chi connectivity index (χ3n) is 3.36. The topological polar surface area (TPSA) is 27.7 Å². The van der Waals surface area contributed by atoms with Crippen molar-refractivity contribution < 1.29 is 14.2 Å². The van der Waals surface area contributed by atoms with Gasteiger partial charge in [0.2, 0.25) is 5.79 Å². The highest BCUT2D eigenvalue weighted by Gasteiger charge is 2.35. The number of fused-ring (bicyclic) bond motifs is 1. The second-order valence-corrected chi connectivity index (χ2v) is 5.31. The largest absolute Gasteiger partial charge is 0.497 e. The minimum atomic E-state index is -0.667. The van der Waals surface area contributed by atoms with Gasteiger partial charge >= 0.3 is 0 Å². The summed E-state index contributed by atoms with van der Waals surface area (Å²) in [4.78, 5) is 0. The Hall–Kier alpha value is -2.00. The number of hydrogen-bond acceptors (Lipinski definition) is 3. The summed E-state index contributed by atoms with van der Waals surface area (Å²) in [5, 5.41) is 0. The average Bonchev–Trinajstić information content (AvgIpc) is 2.45. The highest BCUT2D eigenvalue weighted by Crippen LogP contribution is 2.43. The van der Waals surface area contributed by atoms with Crippen molar-refractivity contribution in [2.75, 3.05) is 7.11 Å². The van der Waals surface area contributed by atoms with E-state index in [0.29, 0.717) is 0 Å². The monoisotopic (exact) mass is 270 g/mol. The second-order valence-electron chi connectivity index (χ2n) is 5.31. The lowest BCUT2D eigenvalue weighted by Crippen LogP contribution is -2.38. The van der Waals surface area contributed by atoms with E-state index in [0.717, 1.165) is 22.6 Å². The highest BCUT2D eigenvalue weighted by molar-refractivity contribution is 5.46. The third kappa shape index (κ3) is 2.37. The Morgan fingerprint density at radius 1 is 1.05 bits per heavy atom. The molecule has 0 bridgehead atoms. The molecule has 0 N–H and O–H groups in total. The normalized spacial score (nSPS) is 19.9. The molecule has 0 fully saturated rings. The Morgan fingerprint density at radius 3 is 2.50 bits per heavy atom. The Morgan fingerprint density at radius 2 is 1.80 bits per heavy atom. The molecule has 2 aromatic rings. The van der Waals surface area contributed by atoms with Crippen LogP contribution in [0.5, 0.6) is 11.5 Å². The van der Waals surface area contributed by atoms with Crippen LogP contribution in [0.25, 0.3) is 0 Å². The van der Waals surface area contributed by atoms with Crippen molar-refractivity contribution in [3.63, 3.8) is 0 Å². The van der Waals surface area contributed by atoms with Gasteiger partial charge in [0, 0.05) is 25.5 Å². The maximum absolute atomic E-state index is 6.10. The molecule has 0 amide bonds. The lowest BCUT2D eigenvalue weighted by atomic mass is 9.98. The van der Waals surface area contributed by atoms with Gasteiger partial charge in [0.15, 0.2) is 0 Å². The standard InChI is InChI=1S/C17H18O3/c1-17(2)19-15-11-13(18-3)9-10-14(15)16(20-17)12-7-5-4-6-8-12/h4-11,16H,1-3H3. The number of methoxy groups -OCH3 is 1. The van der Waals surface area contributed by atoms with Gasteiger partial charge in [-0.15, -0.1) is 0 Å². The minimum absolute atomic E-state index is 0.124. The fraction of sp³-hybridized carbons (Fsp3) is 0.294. The molecular weight excluding hydrogens is 252 g/mol. The van der Waals surface area contributed by atoms with Crippen molar-refractivity contribution >= 4 is 0 Å². The molecule has 0 radical (unpaired) electrons. The first-order valence-electron chi connectivity index (χ1n) is 6.69. The molecule has 0 aliphatic carbocycles. The zero-order chi connectivity index (χ0) is 14.2. The molecule has 0 spiro atoms. The summed E-state index contributed by atoms with van der Waals surface area (Å²) in [6.45, 7) is 3.84. The van der Waals surface area contributed by atoms with Crippen LogP contribution in [0, 0.1) is 0 Å². The van der Waals surface area contributed by atoms with Gasteiger partial charge in [-0.05, 0) is 17.7 Å². The van der Waals surface area contributed by atoms with Crippen LogP contribution in [-0.4, -0.2) is 12.9 Å². The number of hydrogen-bond donors (Lipinski definition) is 0. The molecule has 20 heavy (non-hydrogen) atoms. The Labute approximate surface area is 119 Å². The molecule has 104 valence electrons. The number of benzene rings is 2. The Kier molecular flexibility index (Phi) is 3.14. The summed E-state index contributed by atoms with van der Waals surface area (Å²) in [6, 6.07) is 16.0. The first-order valence-corrected chi connectivity index (χ1v) is 6.69. The summed E-state index contributed by atoms with van der Waals surface area (Å²) in [5.74, 6) is 0.933. The van der Waals surface area contributed by atoms with Gasteiger partial charge in [-0.2, -0.15) is 0 Å². The first kappa shape index (κ1) is 13.0. The van der Waals surface area contributed by atoms with Gasteiger partial charge < -0.3 is 14.2 Å². The van der Waals surface area contributed by atoms with E-state index in [1.54, 1.807) is 7.11 Å². The van der Waals surface area contributed by atoms with Crippen LogP contribution in [0.3, 0.4) is 0 Å². The molecule has 3 nitrogen and oxygen atoms in total. The zero-order valence-corrected chi connectivity index (χ0v) is 11.9.